The molecule has 0 saturated carbocycles. The van der Waals surface area contributed by atoms with Crippen molar-refractivity contribution in [3.05, 3.63) is 48.5 Å². The van der Waals surface area contributed by atoms with Gasteiger partial charge < -0.3 is 10.2 Å². The van der Waals surface area contributed by atoms with E-state index in [2.05, 4.69) is 31.2 Å². The van der Waals surface area contributed by atoms with E-state index >= 15 is 0 Å². The van der Waals surface area contributed by atoms with Crippen LogP contribution in [-0.4, -0.2) is 40.6 Å². The molecule has 1 N–H and O–H groups in total. The van der Waals surface area contributed by atoms with Crippen LogP contribution in [0.1, 0.15) is 18.4 Å². The minimum atomic E-state index is 0.599. The summed E-state index contributed by atoms with van der Waals surface area (Å²) in [5.74, 6) is 0.853. The van der Waals surface area contributed by atoms with Gasteiger partial charge in [-0.3, -0.25) is 4.98 Å². The van der Waals surface area contributed by atoms with E-state index in [4.69, 9.17) is 0 Å². The van der Waals surface area contributed by atoms with E-state index in [-0.39, 0.29) is 0 Å². The molecule has 110 valence electrons. The lowest BCUT2D eigenvalue weighted by molar-refractivity contribution is 0.415. The third-order valence-electron chi connectivity index (χ3n) is 3.90. The molecule has 2 aromatic heterocycles. The van der Waals surface area contributed by atoms with Crippen molar-refractivity contribution in [3.63, 3.8) is 0 Å². The van der Waals surface area contributed by atoms with Crippen LogP contribution in [0.4, 0.5) is 5.95 Å². The van der Waals surface area contributed by atoms with Gasteiger partial charge in [0.25, 0.3) is 0 Å². The lowest BCUT2D eigenvalue weighted by Gasteiger charge is -2.32. The Morgan fingerprint density at radius 1 is 1.10 bits per heavy atom. The smallest absolute Gasteiger partial charge is 0.225 e. The average Bonchev–Trinajstić information content (AvgIpc) is 2.57. The SMILES string of the molecule is c1cnc(N2CCC(NCCc3cccnc3)CC2)nc1. The van der Waals surface area contributed by atoms with Gasteiger partial charge in [-0.1, -0.05) is 6.07 Å². The van der Waals surface area contributed by atoms with E-state index in [1.165, 1.54) is 5.56 Å². The number of nitrogens with zero attached hydrogens (tertiary/aromatic N) is 4. The molecule has 2 aromatic rings. The fourth-order valence-electron chi connectivity index (χ4n) is 2.70. The maximum Gasteiger partial charge on any atom is 0.225 e. The molecule has 3 rings (SSSR count). The standard InChI is InChI=1S/C16H21N5/c1-3-14(13-17-7-1)4-10-18-15-5-11-21(12-6-15)16-19-8-2-9-20-16/h1-3,7-9,13,15,18H,4-6,10-12H2. The van der Waals surface area contributed by atoms with Crippen molar-refractivity contribution in [3.8, 4) is 0 Å². The van der Waals surface area contributed by atoms with Crippen LogP contribution in [0.2, 0.25) is 0 Å². The summed E-state index contributed by atoms with van der Waals surface area (Å²) in [6, 6.07) is 6.58. The largest absolute Gasteiger partial charge is 0.341 e. The summed E-state index contributed by atoms with van der Waals surface area (Å²) in [4.78, 5) is 15.0. The maximum absolute atomic E-state index is 4.32. The summed E-state index contributed by atoms with van der Waals surface area (Å²) in [6.45, 7) is 3.06. The lowest BCUT2D eigenvalue weighted by Crippen LogP contribution is -2.43. The van der Waals surface area contributed by atoms with Crippen molar-refractivity contribution >= 4 is 5.95 Å². The van der Waals surface area contributed by atoms with E-state index in [1.54, 1.807) is 12.4 Å². The van der Waals surface area contributed by atoms with Gasteiger partial charge in [-0.05, 0) is 43.5 Å². The number of aromatic nitrogens is 3. The van der Waals surface area contributed by atoms with Crippen LogP contribution in [0, 0.1) is 0 Å². The van der Waals surface area contributed by atoms with E-state index in [0.29, 0.717) is 6.04 Å². The van der Waals surface area contributed by atoms with Crippen LogP contribution < -0.4 is 10.2 Å². The summed E-state index contributed by atoms with van der Waals surface area (Å²) in [5.41, 5.74) is 1.29. The second-order valence-electron chi connectivity index (χ2n) is 5.38. The molecule has 5 heteroatoms. The molecular weight excluding hydrogens is 262 g/mol. The molecule has 1 aliphatic rings. The van der Waals surface area contributed by atoms with Gasteiger partial charge in [0.2, 0.25) is 5.95 Å². The van der Waals surface area contributed by atoms with Crippen molar-refractivity contribution in [2.24, 2.45) is 0 Å². The Hall–Kier alpha value is -2.01. The first kappa shape index (κ1) is 13.9. The number of pyridine rings is 1. The molecule has 0 unspecified atom stereocenters. The highest BCUT2D eigenvalue weighted by Crippen LogP contribution is 2.15. The third kappa shape index (κ3) is 3.98. The molecule has 0 spiro atoms. The Labute approximate surface area is 125 Å². The Morgan fingerprint density at radius 2 is 1.90 bits per heavy atom. The van der Waals surface area contributed by atoms with E-state index in [9.17, 15) is 0 Å². The average molecular weight is 283 g/mol. The quantitative estimate of drug-likeness (QED) is 0.904. The zero-order chi connectivity index (χ0) is 14.3. The molecule has 3 heterocycles. The minimum absolute atomic E-state index is 0.599. The van der Waals surface area contributed by atoms with Crippen LogP contribution in [0.3, 0.4) is 0 Å². The van der Waals surface area contributed by atoms with Gasteiger partial charge >= 0.3 is 0 Å². The molecule has 1 fully saturated rings. The highest BCUT2D eigenvalue weighted by molar-refractivity contribution is 5.29. The normalized spacial score (nSPS) is 16.1. The summed E-state index contributed by atoms with van der Waals surface area (Å²) >= 11 is 0. The topological polar surface area (TPSA) is 53.9 Å². The van der Waals surface area contributed by atoms with Gasteiger partial charge in [0.1, 0.15) is 0 Å². The monoisotopic (exact) mass is 283 g/mol. The van der Waals surface area contributed by atoms with Gasteiger partial charge in [0, 0.05) is 43.9 Å². The molecule has 1 saturated heterocycles. The summed E-state index contributed by atoms with van der Waals surface area (Å²) in [7, 11) is 0. The van der Waals surface area contributed by atoms with E-state index in [0.717, 1.165) is 44.8 Å². The fourth-order valence-corrected chi connectivity index (χ4v) is 2.70. The summed E-state index contributed by atoms with van der Waals surface area (Å²) < 4.78 is 0. The highest BCUT2D eigenvalue weighted by atomic mass is 15.3. The second kappa shape index (κ2) is 7.13. The predicted octanol–water partition coefficient (Wildman–Crippen LogP) is 1.67. The predicted molar refractivity (Wildman–Crippen MR) is 83.2 cm³/mol. The summed E-state index contributed by atoms with van der Waals surface area (Å²) in [6.07, 6.45) is 10.7. The summed E-state index contributed by atoms with van der Waals surface area (Å²) in [5, 5.41) is 3.65. The molecule has 0 aromatic carbocycles. The van der Waals surface area contributed by atoms with Gasteiger partial charge in [0.05, 0.1) is 0 Å². The Bertz CT molecular complexity index is 520. The lowest BCUT2D eigenvalue weighted by atomic mass is 10.0. The zero-order valence-electron chi connectivity index (χ0n) is 12.2. The van der Waals surface area contributed by atoms with Crippen LogP contribution in [0.15, 0.2) is 43.0 Å². The van der Waals surface area contributed by atoms with E-state index < -0.39 is 0 Å². The molecule has 0 aliphatic carbocycles. The van der Waals surface area contributed by atoms with Crippen LogP contribution in [0.5, 0.6) is 0 Å². The molecule has 21 heavy (non-hydrogen) atoms. The Kier molecular flexibility index (Phi) is 4.74. The number of rotatable bonds is 5. The van der Waals surface area contributed by atoms with Crippen LogP contribution in [0.25, 0.3) is 0 Å². The number of hydrogen-bond acceptors (Lipinski definition) is 5. The maximum atomic E-state index is 4.32. The fraction of sp³-hybridized carbons (Fsp3) is 0.438. The van der Waals surface area contributed by atoms with Crippen LogP contribution >= 0.6 is 0 Å². The van der Waals surface area contributed by atoms with Gasteiger partial charge in [0.15, 0.2) is 0 Å². The molecule has 0 radical (unpaired) electrons. The second-order valence-corrected chi connectivity index (χ2v) is 5.38. The third-order valence-corrected chi connectivity index (χ3v) is 3.90. The van der Waals surface area contributed by atoms with Crippen molar-refractivity contribution in [1.82, 2.24) is 20.3 Å². The van der Waals surface area contributed by atoms with Gasteiger partial charge in [-0.25, -0.2) is 9.97 Å². The van der Waals surface area contributed by atoms with Crippen molar-refractivity contribution in [2.75, 3.05) is 24.5 Å². The molecule has 1 aliphatic heterocycles. The van der Waals surface area contributed by atoms with Crippen molar-refractivity contribution in [1.29, 1.82) is 0 Å². The molecule has 0 bridgehead atoms. The molecule has 0 atom stereocenters. The first-order chi connectivity index (χ1) is 10.4. The first-order valence-corrected chi connectivity index (χ1v) is 7.56. The highest BCUT2D eigenvalue weighted by Gasteiger charge is 2.19. The van der Waals surface area contributed by atoms with Gasteiger partial charge in [-0.15, -0.1) is 0 Å². The number of piperidine rings is 1. The number of hydrogen-bond donors (Lipinski definition) is 1. The molecule has 0 amide bonds. The van der Waals surface area contributed by atoms with Crippen molar-refractivity contribution < 1.29 is 0 Å². The van der Waals surface area contributed by atoms with Gasteiger partial charge in [-0.2, -0.15) is 0 Å². The Morgan fingerprint density at radius 3 is 2.62 bits per heavy atom. The zero-order valence-corrected chi connectivity index (χ0v) is 12.2. The number of nitrogens with one attached hydrogen (secondary N) is 1. The minimum Gasteiger partial charge on any atom is -0.341 e. The Balaban J connectivity index is 1.40. The van der Waals surface area contributed by atoms with Crippen LogP contribution in [-0.2, 0) is 6.42 Å². The van der Waals surface area contributed by atoms with Crippen molar-refractivity contribution in [2.45, 2.75) is 25.3 Å². The number of anilines is 1. The molecular formula is C16H21N5. The van der Waals surface area contributed by atoms with E-state index in [1.807, 2.05) is 24.5 Å². The molecule has 5 nitrogen and oxygen atoms in total. The first-order valence-electron chi connectivity index (χ1n) is 7.56.